The van der Waals surface area contributed by atoms with Gasteiger partial charge in [0.05, 0.1) is 5.92 Å². The van der Waals surface area contributed by atoms with Crippen LogP contribution in [0.15, 0.2) is 35.6 Å². The third-order valence-electron chi connectivity index (χ3n) is 4.54. The first-order valence-corrected chi connectivity index (χ1v) is 6.55. The first kappa shape index (κ1) is 12.2. The zero-order valence-corrected chi connectivity index (χ0v) is 11.0. The van der Waals surface area contributed by atoms with E-state index in [1.807, 2.05) is 31.2 Å². The monoisotopic (exact) mass is 256 g/mol. The van der Waals surface area contributed by atoms with E-state index in [0.717, 1.165) is 11.1 Å². The highest BCUT2D eigenvalue weighted by Crippen LogP contribution is 2.48. The van der Waals surface area contributed by atoms with Gasteiger partial charge in [0.25, 0.3) is 0 Å². The molecular formula is C16H16O3. The van der Waals surface area contributed by atoms with Gasteiger partial charge in [0.15, 0.2) is 11.5 Å². The van der Waals surface area contributed by atoms with Crippen LogP contribution in [0.5, 0.6) is 0 Å². The molecule has 1 saturated carbocycles. The summed E-state index contributed by atoms with van der Waals surface area (Å²) in [6.07, 6.45) is 0.635. The normalized spacial score (nSPS) is 30.1. The third-order valence-corrected chi connectivity index (χ3v) is 4.54. The lowest BCUT2D eigenvalue weighted by Gasteiger charge is -2.21. The largest absolute Gasteiger partial charge is 0.504 e. The lowest BCUT2D eigenvalue weighted by atomic mass is 9.81. The van der Waals surface area contributed by atoms with Crippen LogP contribution in [0.3, 0.4) is 0 Å². The molecule has 0 aromatic heterocycles. The highest BCUT2D eigenvalue weighted by molar-refractivity contribution is 6.16. The van der Waals surface area contributed by atoms with Crippen molar-refractivity contribution in [2.24, 2.45) is 11.8 Å². The van der Waals surface area contributed by atoms with E-state index in [0.29, 0.717) is 12.0 Å². The first-order valence-electron chi connectivity index (χ1n) is 6.55. The number of allylic oxidation sites excluding steroid dienone is 2. The molecule has 1 aromatic carbocycles. The van der Waals surface area contributed by atoms with Crippen LogP contribution in [0, 0.1) is 18.8 Å². The van der Waals surface area contributed by atoms with Crippen LogP contribution in [0.25, 0.3) is 0 Å². The first-order chi connectivity index (χ1) is 9.02. The number of ketones is 2. The molecule has 3 rings (SSSR count). The number of rotatable bonds is 1. The van der Waals surface area contributed by atoms with Crippen LogP contribution in [0.4, 0.5) is 0 Å². The van der Waals surface area contributed by atoms with Gasteiger partial charge in [-0.2, -0.15) is 0 Å². The second-order valence-electron chi connectivity index (χ2n) is 5.53. The van der Waals surface area contributed by atoms with Crippen LogP contribution in [-0.2, 0) is 9.59 Å². The average molecular weight is 256 g/mol. The molecule has 0 heterocycles. The molecule has 2 aliphatic carbocycles. The van der Waals surface area contributed by atoms with Crippen LogP contribution in [-0.4, -0.2) is 16.7 Å². The van der Waals surface area contributed by atoms with Crippen molar-refractivity contribution in [3.8, 4) is 0 Å². The second kappa shape index (κ2) is 4.05. The molecule has 1 aromatic rings. The van der Waals surface area contributed by atoms with E-state index in [1.165, 1.54) is 0 Å². The van der Waals surface area contributed by atoms with E-state index in [9.17, 15) is 14.7 Å². The number of benzene rings is 1. The van der Waals surface area contributed by atoms with Crippen molar-refractivity contribution in [1.29, 1.82) is 0 Å². The fraction of sp³-hybridized carbons (Fsp3) is 0.375. The zero-order chi connectivity index (χ0) is 13.7. The summed E-state index contributed by atoms with van der Waals surface area (Å²) in [5.74, 6) is -1.67. The average Bonchev–Trinajstić information content (AvgIpc) is 2.69. The Morgan fingerprint density at radius 2 is 1.84 bits per heavy atom. The summed E-state index contributed by atoms with van der Waals surface area (Å²) in [5.41, 5.74) is 2.69. The van der Waals surface area contributed by atoms with Gasteiger partial charge in [0.1, 0.15) is 0 Å². The lowest BCUT2D eigenvalue weighted by molar-refractivity contribution is -0.133. The van der Waals surface area contributed by atoms with Gasteiger partial charge < -0.3 is 5.11 Å². The van der Waals surface area contributed by atoms with Gasteiger partial charge in [-0.15, -0.1) is 0 Å². The number of aliphatic hydroxyl groups excluding tert-OH is 1. The van der Waals surface area contributed by atoms with Crippen molar-refractivity contribution in [1.82, 2.24) is 0 Å². The van der Waals surface area contributed by atoms with Crippen LogP contribution in [0.2, 0.25) is 0 Å². The fourth-order valence-corrected chi connectivity index (χ4v) is 3.44. The molecule has 3 nitrogen and oxygen atoms in total. The number of carbonyl (C=O) groups is 2. The van der Waals surface area contributed by atoms with Gasteiger partial charge in [-0.3, -0.25) is 9.59 Å². The molecule has 0 radical (unpaired) electrons. The Bertz CT molecular complexity index is 612. The highest BCUT2D eigenvalue weighted by atomic mass is 16.3. The maximum Gasteiger partial charge on any atom is 0.208 e. The number of carbonyl (C=O) groups excluding carboxylic acids is 2. The Morgan fingerprint density at radius 3 is 2.53 bits per heavy atom. The summed E-state index contributed by atoms with van der Waals surface area (Å²) in [6.45, 7) is 3.68. The quantitative estimate of drug-likeness (QED) is 0.786. The van der Waals surface area contributed by atoms with Crippen LogP contribution in [0.1, 0.15) is 30.4 Å². The molecule has 2 aliphatic rings. The number of Topliss-reactive ketones (excluding diaryl/α,β-unsaturated/α-hetero) is 2. The summed E-state index contributed by atoms with van der Waals surface area (Å²) in [6, 6.07) is 7.85. The minimum Gasteiger partial charge on any atom is -0.504 e. The molecule has 19 heavy (non-hydrogen) atoms. The summed E-state index contributed by atoms with van der Waals surface area (Å²) in [7, 11) is 0. The zero-order valence-electron chi connectivity index (χ0n) is 11.0. The van der Waals surface area contributed by atoms with Crippen molar-refractivity contribution in [3.63, 3.8) is 0 Å². The molecule has 0 spiro atoms. The van der Waals surface area contributed by atoms with E-state index in [-0.39, 0.29) is 23.4 Å². The van der Waals surface area contributed by atoms with E-state index >= 15 is 0 Å². The molecule has 0 aliphatic heterocycles. The number of hydrogen-bond acceptors (Lipinski definition) is 3. The van der Waals surface area contributed by atoms with E-state index in [1.54, 1.807) is 6.92 Å². The summed E-state index contributed by atoms with van der Waals surface area (Å²) < 4.78 is 0. The van der Waals surface area contributed by atoms with E-state index < -0.39 is 11.7 Å². The number of fused-ring (bicyclic) bond motifs is 2. The SMILES string of the molecule is CC1=C(O)C(=O)C2C(=O)C1CC2c1ccccc1C. The van der Waals surface area contributed by atoms with E-state index in [4.69, 9.17) is 0 Å². The van der Waals surface area contributed by atoms with Gasteiger partial charge in [0, 0.05) is 11.8 Å². The molecule has 0 amide bonds. The molecule has 2 bridgehead atoms. The summed E-state index contributed by atoms with van der Waals surface area (Å²) in [4.78, 5) is 24.5. The van der Waals surface area contributed by atoms with Crippen molar-refractivity contribution in [3.05, 3.63) is 46.7 Å². The highest BCUT2D eigenvalue weighted by Gasteiger charge is 2.52. The van der Waals surface area contributed by atoms with Crippen molar-refractivity contribution >= 4 is 11.6 Å². The smallest absolute Gasteiger partial charge is 0.208 e. The minimum absolute atomic E-state index is 0.0199. The molecule has 1 N–H and O–H groups in total. The standard InChI is InChI=1S/C16H16O3/c1-8-5-3-4-6-10(8)12-7-11-9(2)14(17)16(19)13(12)15(11)18/h3-6,11-13,17H,7H2,1-2H3. The van der Waals surface area contributed by atoms with E-state index in [2.05, 4.69) is 0 Å². The molecule has 3 atom stereocenters. The Morgan fingerprint density at radius 1 is 1.16 bits per heavy atom. The Hall–Kier alpha value is -1.90. The molecule has 0 saturated heterocycles. The van der Waals surface area contributed by atoms with Crippen LogP contribution >= 0.6 is 0 Å². The number of aryl methyl sites for hydroxylation is 1. The predicted molar refractivity (Wildman–Crippen MR) is 70.9 cm³/mol. The molecule has 98 valence electrons. The number of aliphatic hydroxyl groups is 1. The second-order valence-corrected chi connectivity index (χ2v) is 5.53. The Labute approximate surface area is 111 Å². The summed E-state index contributed by atoms with van der Waals surface area (Å²) in [5, 5.41) is 9.86. The minimum atomic E-state index is -0.685. The summed E-state index contributed by atoms with van der Waals surface area (Å²) >= 11 is 0. The number of hydrogen-bond donors (Lipinski definition) is 1. The maximum absolute atomic E-state index is 12.3. The maximum atomic E-state index is 12.3. The van der Waals surface area contributed by atoms with Crippen molar-refractivity contribution in [2.75, 3.05) is 0 Å². The van der Waals surface area contributed by atoms with Gasteiger partial charge in [-0.05, 0) is 37.0 Å². The van der Waals surface area contributed by atoms with Crippen molar-refractivity contribution in [2.45, 2.75) is 26.2 Å². The van der Waals surface area contributed by atoms with Crippen LogP contribution < -0.4 is 0 Å². The third kappa shape index (κ3) is 1.57. The Balaban J connectivity index is 2.09. The van der Waals surface area contributed by atoms with Crippen molar-refractivity contribution < 1.29 is 14.7 Å². The molecule has 3 unspecified atom stereocenters. The van der Waals surface area contributed by atoms with Gasteiger partial charge in [-0.1, -0.05) is 24.3 Å². The topological polar surface area (TPSA) is 54.4 Å². The molecule has 3 heteroatoms. The van der Waals surface area contributed by atoms with Gasteiger partial charge in [-0.25, -0.2) is 0 Å². The van der Waals surface area contributed by atoms with Gasteiger partial charge in [0.2, 0.25) is 5.78 Å². The molecular weight excluding hydrogens is 240 g/mol. The van der Waals surface area contributed by atoms with Gasteiger partial charge >= 0.3 is 0 Å². The fourth-order valence-electron chi connectivity index (χ4n) is 3.44. The predicted octanol–water partition coefficient (Wildman–Crippen LogP) is 2.70. The Kier molecular flexibility index (Phi) is 2.59. The molecule has 1 fully saturated rings. The lowest BCUT2D eigenvalue weighted by Crippen LogP contribution is -2.32.